The Balaban J connectivity index is 1.93. The van der Waals surface area contributed by atoms with E-state index in [0.717, 1.165) is 26.1 Å². The average Bonchev–Trinajstić information content (AvgIpc) is 2.31. The number of nitrogens with zero attached hydrogens (tertiary/aromatic N) is 1. The molecule has 1 N–H and O–H groups in total. The molecule has 0 bridgehead atoms. The van der Waals surface area contributed by atoms with Crippen molar-refractivity contribution in [1.82, 2.24) is 0 Å². The predicted octanol–water partition coefficient (Wildman–Crippen LogP) is 2.34. The van der Waals surface area contributed by atoms with E-state index in [1.54, 1.807) is 0 Å². The van der Waals surface area contributed by atoms with E-state index in [-0.39, 0.29) is 0 Å². The third kappa shape index (κ3) is 2.89. The van der Waals surface area contributed by atoms with Crippen LogP contribution >= 0.6 is 0 Å². The van der Waals surface area contributed by atoms with Crippen LogP contribution in [0.1, 0.15) is 12.8 Å². The van der Waals surface area contributed by atoms with Crippen molar-refractivity contribution in [2.75, 3.05) is 37.5 Å². The first-order valence-corrected chi connectivity index (χ1v) is 5.87. The van der Waals surface area contributed by atoms with Crippen molar-refractivity contribution in [2.45, 2.75) is 18.9 Å². The number of anilines is 2. The highest BCUT2D eigenvalue weighted by Crippen LogP contribution is 2.18. The average molecular weight is 220 g/mol. The molecule has 0 amide bonds. The molecule has 1 aliphatic heterocycles. The second-order valence-electron chi connectivity index (χ2n) is 4.47. The van der Waals surface area contributed by atoms with Gasteiger partial charge in [0, 0.05) is 44.7 Å². The second kappa shape index (κ2) is 5.21. The van der Waals surface area contributed by atoms with E-state index in [2.05, 4.69) is 48.6 Å². The third-order valence-electron chi connectivity index (χ3n) is 2.98. The normalized spacial score (nSPS) is 17.1. The topological polar surface area (TPSA) is 24.5 Å². The highest BCUT2D eigenvalue weighted by molar-refractivity contribution is 5.54. The van der Waals surface area contributed by atoms with Crippen molar-refractivity contribution in [3.63, 3.8) is 0 Å². The molecule has 0 atom stereocenters. The van der Waals surface area contributed by atoms with Crippen LogP contribution in [-0.2, 0) is 4.74 Å². The Morgan fingerprint density at radius 1 is 1.12 bits per heavy atom. The highest BCUT2D eigenvalue weighted by Gasteiger charge is 2.12. The number of rotatable bonds is 3. The van der Waals surface area contributed by atoms with Gasteiger partial charge in [0.1, 0.15) is 0 Å². The lowest BCUT2D eigenvalue weighted by molar-refractivity contribution is 0.0904. The molecule has 0 spiro atoms. The van der Waals surface area contributed by atoms with Gasteiger partial charge in [0.25, 0.3) is 0 Å². The number of benzene rings is 1. The molecule has 0 aliphatic carbocycles. The summed E-state index contributed by atoms with van der Waals surface area (Å²) in [6.07, 6.45) is 2.21. The number of hydrogen-bond acceptors (Lipinski definition) is 3. The van der Waals surface area contributed by atoms with Crippen molar-refractivity contribution in [3.8, 4) is 0 Å². The minimum absolute atomic E-state index is 0.568. The Morgan fingerprint density at radius 3 is 2.31 bits per heavy atom. The fourth-order valence-corrected chi connectivity index (χ4v) is 1.93. The van der Waals surface area contributed by atoms with Crippen LogP contribution in [0.25, 0.3) is 0 Å². The Morgan fingerprint density at radius 2 is 1.75 bits per heavy atom. The van der Waals surface area contributed by atoms with E-state index in [9.17, 15) is 0 Å². The SMILES string of the molecule is CN(C)c1ccc(NC2CCOCC2)cc1. The first-order valence-electron chi connectivity index (χ1n) is 5.87. The van der Waals surface area contributed by atoms with Crippen LogP contribution < -0.4 is 10.2 Å². The van der Waals surface area contributed by atoms with Crippen molar-refractivity contribution in [1.29, 1.82) is 0 Å². The Bertz CT molecular complexity index is 315. The first-order chi connectivity index (χ1) is 7.75. The van der Waals surface area contributed by atoms with E-state index in [4.69, 9.17) is 4.74 Å². The summed E-state index contributed by atoms with van der Waals surface area (Å²) in [5.41, 5.74) is 2.44. The van der Waals surface area contributed by atoms with E-state index in [0.29, 0.717) is 6.04 Å². The van der Waals surface area contributed by atoms with Gasteiger partial charge in [-0.2, -0.15) is 0 Å². The predicted molar refractivity (Wildman–Crippen MR) is 68.2 cm³/mol. The summed E-state index contributed by atoms with van der Waals surface area (Å²) in [6, 6.07) is 9.14. The van der Waals surface area contributed by atoms with Crippen LogP contribution in [0, 0.1) is 0 Å². The molecule has 2 rings (SSSR count). The van der Waals surface area contributed by atoms with Crippen LogP contribution in [0.4, 0.5) is 11.4 Å². The van der Waals surface area contributed by atoms with E-state index < -0.39 is 0 Å². The molecule has 3 heteroatoms. The number of ether oxygens (including phenoxy) is 1. The smallest absolute Gasteiger partial charge is 0.0485 e. The van der Waals surface area contributed by atoms with Gasteiger partial charge in [0.2, 0.25) is 0 Å². The quantitative estimate of drug-likeness (QED) is 0.846. The Labute approximate surface area is 97.4 Å². The maximum atomic E-state index is 5.34. The van der Waals surface area contributed by atoms with Crippen LogP contribution in [0.3, 0.4) is 0 Å². The van der Waals surface area contributed by atoms with Gasteiger partial charge in [-0.3, -0.25) is 0 Å². The first kappa shape index (κ1) is 11.3. The van der Waals surface area contributed by atoms with Gasteiger partial charge in [-0.05, 0) is 37.1 Å². The summed E-state index contributed by atoms with van der Waals surface area (Å²) >= 11 is 0. The number of hydrogen-bond donors (Lipinski definition) is 1. The molecular weight excluding hydrogens is 200 g/mol. The van der Waals surface area contributed by atoms with Gasteiger partial charge >= 0.3 is 0 Å². The van der Waals surface area contributed by atoms with Crippen molar-refractivity contribution >= 4 is 11.4 Å². The van der Waals surface area contributed by atoms with E-state index in [1.807, 2.05) is 0 Å². The molecule has 0 saturated carbocycles. The van der Waals surface area contributed by atoms with Crippen LogP contribution in [0.15, 0.2) is 24.3 Å². The summed E-state index contributed by atoms with van der Waals surface area (Å²) in [5, 5.41) is 3.55. The van der Waals surface area contributed by atoms with Crippen molar-refractivity contribution < 1.29 is 4.74 Å². The molecule has 1 fully saturated rings. The van der Waals surface area contributed by atoms with E-state index in [1.165, 1.54) is 11.4 Å². The fraction of sp³-hybridized carbons (Fsp3) is 0.538. The molecule has 88 valence electrons. The standard InChI is InChI=1S/C13H20N2O/c1-15(2)13-5-3-11(4-6-13)14-12-7-9-16-10-8-12/h3-6,12,14H,7-10H2,1-2H3. The van der Waals surface area contributed by atoms with Crippen LogP contribution in [0.5, 0.6) is 0 Å². The third-order valence-corrected chi connectivity index (χ3v) is 2.98. The summed E-state index contributed by atoms with van der Waals surface area (Å²) in [5.74, 6) is 0. The van der Waals surface area contributed by atoms with Gasteiger partial charge in [0.05, 0.1) is 0 Å². The highest BCUT2D eigenvalue weighted by atomic mass is 16.5. The van der Waals surface area contributed by atoms with Gasteiger partial charge in [-0.25, -0.2) is 0 Å². The van der Waals surface area contributed by atoms with Gasteiger partial charge < -0.3 is 15.0 Å². The van der Waals surface area contributed by atoms with Gasteiger partial charge in [-0.15, -0.1) is 0 Å². The number of nitrogens with one attached hydrogen (secondary N) is 1. The molecule has 16 heavy (non-hydrogen) atoms. The lowest BCUT2D eigenvalue weighted by Crippen LogP contribution is -2.27. The zero-order valence-corrected chi connectivity index (χ0v) is 10.1. The summed E-state index contributed by atoms with van der Waals surface area (Å²) in [7, 11) is 4.11. The maximum Gasteiger partial charge on any atom is 0.0485 e. The Hall–Kier alpha value is -1.22. The maximum absolute atomic E-state index is 5.34. The summed E-state index contributed by atoms with van der Waals surface area (Å²) in [4.78, 5) is 2.11. The largest absolute Gasteiger partial charge is 0.382 e. The molecule has 1 aliphatic rings. The van der Waals surface area contributed by atoms with Gasteiger partial charge in [0.15, 0.2) is 0 Å². The lowest BCUT2D eigenvalue weighted by atomic mass is 10.1. The van der Waals surface area contributed by atoms with Crippen molar-refractivity contribution in [3.05, 3.63) is 24.3 Å². The Kier molecular flexibility index (Phi) is 3.67. The molecule has 0 aromatic heterocycles. The summed E-state index contributed by atoms with van der Waals surface area (Å²) in [6.45, 7) is 1.76. The van der Waals surface area contributed by atoms with Crippen LogP contribution in [0.2, 0.25) is 0 Å². The molecule has 1 heterocycles. The molecule has 1 aromatic rings. The monoisotopic (exact) mass is 220 g/mol. The molecule has 1 saturated heterocycles. The molecule has 3 nitrogen and oxygen atoms in total. The molecule has 1 aromatic carbocycles. The molecule has 0 unspecified atom stereocenters. The second-order valence-corrected chi connectivity index (χ2v) is 4.47. The van der Waals surface area contributed by atoms with Crippen LogP contribution in [-0.4, -0.2) is 33.4 Å². The zero-order chi connectivity index (χ0) is 11.4. The van der Waals surface area contributed by atoms with Gasteiger partial charge in [-0.1, -0.05) is 0 Å². The minimum Gasteiger partial charge on any atom is -0.382 e. The fourth-order valence-electron chi connectivity index (χ4n) is 1.93. The van der Waals surface area contributed by atoms with Crippen molar-refractivity contribution in [2.24, 2.45) is 0 Å². The lowest BCUT2D eigenvalue weighted by Gasteiger charge is -2.24. The molecule has 0 radical (unpaired) electrons. The minimum atomic E-state index is 0.568. The van der Waals surface area contributed by atoms with E-state index >= 15 is 0 Å². The zero-order valence-electron chi connectivity index (χ0n) is 10.1. The molecular formula is C13H20N2O. The summed E-state index contributed by atoms with van der Waals surface area (Å²) < 4.78 is 5.34.